The molecule has 21 heavy (non-hydrogen) atoms. The lowest BCUT2D eigenvalue weighted by Gasteiger charge is -2.10. The topological polar surface area (TPSA) is 58.9 Å². The molecule has 0 spiro atoms. The second-order valence-corrected chi connectivity index (χ2v) is 5.01. The summed E-state index contributed by atoms with van der Waals surface area (Å²) >= 11 is 5.82. The minimum Gasteiger partial charge on any atom is -0.497 e. The molecule has 0 heterocycles. The molecule has 2 aromatic carbocycles. The van der Waals surface area contributed by atoms with Crippen LogP contribution >= 0.6 is 11.6 Å². The van der Waals surface area contributed by atoms with Gasteiger partial charge in [-0.3, -0.25) is 0 Å². The van der Waals surface area contributed by atoms with Crippen LogP contribution in [0.3, 0.4) is 0 Å². The van der Waals surface area contributed by atoms with Crippen molar-refractivity contribution in [2.24, 2.45) is 0 Å². The molecule has 0 aromatic heterocycles. The molecule has 6 heteroatoms. The second kappa shape index (κ2) is 7.47. The first-order chi connectivity index (χ1) is 10.1. The first kappa shape index (κ1) is 15.9. The Kier molecular flexibility index (Phi) is 5.64. The monoisotopic (exact) mass is 306 g/mol. The number of hydrogen-bond donors (Lipinski definition) is 2. The van der Waals surface area contributed by atoms with Crippen LogP contribution in [0.5, 0.6) is 5.75 Å². The molecule has 0 atom stereocenters. The quantitative estimate of drug-likeness (QED) is 0.798. The summed E-state index contributed by atoms with van der Waals surface area (Å²) in [7, 11) is -0.0889. The average molecular weight is 307 g/mol. The van der Waals surface area contributed by atoms with Crippen molar-refractivity contribution in [2.75, 3.05) is 7.11 Å². The number of rotatable bonds is 6. The smallest absolute Gasteiger partial charge is 0.492 e. The van der Waals surface area contributed by atoms with Crippen molar-refractivity contribution in [1.82, 2.24) is 0 Å². The summed E-state index contributed by atoms with van der Waals surface area (Å²) in [4.78, 5) is 0. The lowest BCUT2D eigenvalue weighted by molar-refractivity contribution is 0.107. The van der Waals surface area contributed by atoms with Gasteiger partial charge in [0.25, 0.3) is 0 Å². The third-order valence-electron chi connectivity index (χ3n) is 3.02. The highest BCUT2D eigenvalue weighted by molar-refractivity contribution is 6.59. The zero-order valence-corrected chi connectivity index (χ0v) is 12.4. The second-order valence-electron chi connectivity index (χ2n) is 4.57. The lowest BCUT2D eigenvalue weighted by atomic mass is 9.79. The SMILES string of the molecule is COc1ccc(COCc2ccc(Cl)cc2)cc1B(O)O. The van der Waals surface area contributed by atoms with Gasteiger partial charge < -0.3 is 19.5 Å². The van der Waals surface area contributed by atoms with Crippen molar-refractivity contribution >= 4 is 24.2 Å². The number of methoxy groups -OCH3 is 1. The van der Waals surface area contributed by atoms with Crippen molar-refractivity contribution in [3.8, 4) is 5.75 Å². The van der Waals surface area contributed by atoms with Gasteiger partial charge in [-0.1, -0.05) is 35.9 Å². The molecule has 0 saturated heterocycles. The molecular weight excluding hydrogens is 290 g/mol. The Morgan fingerprint density at radius 2 is 1.62 bits per heavy atom. The Morgan fingerprint density at radius 1 is 1.00 bits per heavy atom. The van der Waals surface area contributed by atoms with Crippen LogP contribution in [-0.4, -0.2) is 24.3 Å². The fourth-order valence-corrected chi connectivity index (χ4v) is 2.07. The van der Waals surface area contributed by atoms with E-state index in [2.05, 4.69) is 0 Å². The maximum absolute atomic E-state index is 9.31. The molecule has 2 rings (SSSR count). The standard InChI is InChI=1S/C15H16BClO4/c1-20-15-7-4-12(8-14(15)16(18)19)10-21-9-11-2-5-13(17)6-3-11/h2-8,18-19H,9-10H2,1H3. The van der Waals surface area contributed by atoms with Crippen LogP contribution < -0.4 is 10.2 Å². The maximum atomic E-state index is 9.31. The van der Waals surface area contributed by atoms with E-state index in [0.29, 0.717) is 29.4 Å². The summed E-state index contributed by atoms with van der Waals surface area (Å²) in [5.41, 5.74) is 2.19. The number of benzene rings is 2. The normalized spacial score (nSPS) is 10.5. The highest BCUT2D eigenvalue weighted by atomic mass is 35.5. The average Bonchev–Trinajstić information content (AvgIpc) is 2.49. The van der Waals surface area contributed by atoms with Gasteiger partial charge in [0.2, 0.25) is 0 Å². The van der Waals surface area contributed by atoms with Crippen molar-refractivity contribution < 1.29 is 19.5 Å². The summed E-state index contributed by atoms with van der Waals surface area (Å²) < 4.78 is 10.7. The van der Waals surface area contributed by atoms with Gasteiger partial charge in [0, 0.05) is 10.5 Å². The van der Waals surface area contributed by atoms with Crippen LogP contribution in [0.2, 0.25) is 5.02 Å². The van der Waals surface area contributed by atoms with Crippen LogP contribution in [0.15, 0.2) is 42.5 Å². The fraction of sp³-hybridized carbons (Fsp3) is 0.200. The van der Waals surface area contributed by atoms with Crippen molar-refractivity contribution in [3.05, 3.63) is 58.6 Å². The predicted octanol–water partition coefficient (Wildman–Crippen LogP) is 1.75. The Bertz CT molecular complexity index is 587. The summed E-state index contributed by atoms with van der Waals surface area (Å²) in [5, 5.41) is 19.3. The van der Waals surface area contributed by atoms with E-state index < -0.39 is 7.12 Å². The van der Waals surface area contributed by atoms with Gasteiger partial charge in [0.05, 0.1) is 20.3 Å². The summed E-state index contributed by atoms with van der Waals surface area (Å²) in [6.07, 6.45) is 0. The largest absolute Gasteiger partial charge is 0.497 e. The van der Waals surface area contributed by atoms with Crippen LogP contribution in [-0.2, 0) is 18.0 Å². The van der Waals surface area contributed by atoms with E-state index in [-0.39, 0.29) is 0 Å². The molecule has 0 amide bonds. The minimum absolute atomic E-state index is 0.324. The van der Waals surface area contributed by atoms with Gasteiger partial charge in [0.1, 0.15) is 5.75 Å². The molecule has 0 fully saturated rings. The highest BCUT2D eigenvalue weighted by Crippen LogP contribution is 2.13. The van der Waals surface area contributed by atoms with Crippen LogP contribution in [0.4, 0.5) is 0 Å². The molecule has 0 saturated carbocycles. The molecule has 4 nitrogen and oxygen atoms in total. The van der Waals surface area contributed by atoms with E-state index >= 15 is 0 Å². The molecule has 0 aliphatic rings. The van der Waals surface area contributed by atoms with Crippen LogP contribution in [0, 0.1) is 0 Å². The Hall–Kier alpha value is -1.53. The molecule has 2 N–H and O–H groups in total. The molecule has 0 unspecified atom stereocenters. The number of hydrogen-bond acceptors (Lipinski definition) is 4. The van der Waals surface area contributed by atoms with Gasteiger partial charge in [-0.05, 0) is 29.3 Å². The van der Waals surface area contributed by atoms with E-state index in [4.69, 9.17) is 21.1 Å². The fourth-order valence-electron chi connectivity index (χ4n) is 1.94. The van der Waals surface area contributed by atoms with E-state index in [1.807, 2.05) is 30.3 Å². The number of ether oxygens (including phenoxy) is 2. The number of halogens is 1. The molecule has 110 valence electrons. The van der Waals surface area contributed by atoms with Crippen LogP contribution in [0.1, 0.15) is 11.1 Å². The first-order valence-corrected chi connectivity index (χ1v) is 6.83. The third-order valence-corrected chi connectivity index (χ3v) is 3.27. The molecule has 0 bridgehead atoms. The van der Waals surface area contributed by atoms with E-state index in [0.717, 1.165) is 11.1 Å². The van der Waals surface area contributed by atoms with E-state index in [9.17, 15) is 10.0 Å². The lowest BCUT2D eigenvalue weighted by Crippen LogP contribution is -2.31. The molecule has 0 aliphatic carbocycles. The molecule has 0 radical (unpaired) electrons. The third kappa shape index (κ3) is 4.47. The van der Waals surface area contributed by atoms with Crippen molar-refractivity contribution in [1.29, 1.82) is 0 Å². The summed E-state index contributed by atoms with van der Waals surface area (Å²) in [6.45, 7) is 0.826. The Labute approximate surface area is 129 Å². The van der Waals surface area contributed by atoms with Gasteiger partial charge in [-0.15, -0.1) is 0 Å². The minimum atomic E-state index is -1.57. The summed E-state index contributed by atoms with van der Waals surface area (Å²) in [5.74, 6) is 0.437. The molecular formula is C15H16BClO4. The van der Waals surface area contributed by atoms with Crippen molar-refractivity contribution in [3.63, 3.8) is 0 Å². The van der Waals surface area contributed by atoms with Crippen molar-refractivity contribution in [2.45, 2.75) is 13.2 Å². The summed E-state index contributed by atoms with van der Waals surface area (Å²) in [6, 6.07) is 12.6. The first-order valence-electron chi connectivity index (χ1n) is 6.45. The highest BCUT2D eigenvalue weighted by Gasteiger charge is 2.17. The van der Waals surface area contributed by atoms with Gasteiger partial charge >= 0.3 is 7.12 Å². The Morgan fingerprint density at radius 3 is 2.24 bits per heavy atom. The maximum Gasteiger partial charge on any atom is 0.492 e. The zero-order chi connectivity index (χ0) is 15.2. The van der Waals surface area contributed by atoms with E-state index in [1.165, 1.54) is 7.11 Å². The predicted molar refractivity (Wildman–Crippen MR) is 82.8 cm³/mol. The zero-order valence-electron chi connectivity index (χ0n) is 11.6. The van der Waals surface area contributed by atoms with Gasteiger partial charge in [0.15, 0.2) is 0 Å². The van der Waals surface area contributed by atoms with E-state index in [1.54, 1.807) is 12.1 Å². The molecule has 2 aromatic rings. The Balaban J connectivity index is 1.97. The van der Waals surface area contributed by atoms with Gasteiger partial charge in [-0.25, -0.2) is 0 Å². The van der Waals surface area contributed by atoms with Crippen LogP contribution in [0.25, 0.3) is 0 Å². The van der Waals surface area contributed by atoms with Gasteiger partial charge in [-0.2, -0.15) is 0 Å². The molecule has 0 aliphatic heterocycles.